The summed E-state index contributed by atoms with van der Waals surface area (Å²) in [5.74, 6) is 1.17. The van der Waals surface area contributed by atoms with Gasteiger partial charge in [-0.05, 0) is 43.7 Å². The molecule has 0 saturated heterocycles. The summed E-state index contributed by atoms with van der Waals surface area (Å²) in [7, 11) is 3.12. The lowest BCUT2D eigenvalue weighted by Crippen LogP contribution is -2.35. The maximum Gasteiger partial charge on any atom is 0.413 e. The number of aryl methyl sites for hydroxylation is 1. The Bertz CT molecular complexity index is 846. The van der Waals surface area contributed by atoms with E-state index in [1.165, 1.54) is 42.2 Å². The Kier molecular flexibility index (Phi) is 6.21. The number of methoxy groups -OCH3 is 1. The van der Waals surface area contributed by atoms with Crippen molar-refractivity contribution in [3.63, 3.8) is 0 Å². The topological polar surface area (TPSA) is 86.1 Å². The number of amides is 2. The van der Waals surface area contributed by atoms with Gasteiger partial charge in [0.1, 0.15) is 0 Å². The second kappa shape index (κ2) is 8.43. The zero-order valence-corrected chi connectivity index (χ0v) is 17.6. The minimum absolute atomic E-state index is 0.423. The largest absolute Gasteiger partial charge is 0.453 e. The van der Waals surface area contributed by atoms with Crippen molar-refractivity contribution >= 4 is 35.1 Å². The Morgan fingerprint density at radius 3 is 2.96 bits per heavy atom. The number of carbonyl (C=O) groups excluding carboxylic acids is 2. The summed E-state index contributed by atoms with van der Waals surface area (Å²) >= 11 is 3.05. The first-order valence-corrected chi connectivity index (χ1v) is 10.7. The van der Waals surface area contributed by atoms with Crippen LogP contribution in [0.15, 0.2) is 11.2 Å². The van der Waals surface area contributed by atoms with Crippen LogP contribution >= 0.6 is 23.1 Å². The monoisotopic (exact) mass is 408 g/mol. The summed E-state index contributed by atoms with van der Waals surface area (Å²) in [5, 5.41) is 10.9. The number of rotatable bonds is 5. The molecule has 0 unspecified atom stereocenters. The van der Waals surface area contributed by atoms with Gasteiger partial charge in [0.15, 0.2) is 11.0 Å². The fraction of sp³-hybridized carbons (Fsp3) is 0.556. The summed E-state index contributed by atoms with van der Waals surface area (Å²) < 4.78 is 6.35. The number of alkyl carbamates (subject to hydrolysis) is 1. The quantitative estimate of drug-likeness (QED) is 0.763. The van der Waals surface area contributed by atoms with Crippen molar-refractivity contribution in [1.29, 1.82) is 0 Å². The highest BCUT2D eigenvalue weighted by Crippen LogP contribution is 2.38. The molecule has 0 radical (unpaired) electrons. The van der Waals surface area contributed by atoms with E-state index in [0.717, 1.165) is 29.5 Å². The lowest BCUT2D eigenvalue weighted by molar-refractivity contribution is -0.119. The van der Waals surface area contributed by atoms with Crippen molar-refractivity contribution < 1.29 is 14.3 Å². The number of fused-ring (bicyclic) bond motifs is 1. The molecule has 2 aromatic heterocycles. The number of imide groups is 1. The molecule has 0 aromatic carbocycles. The Hall–Kier alpha value is -1.87. The lowest BCUT2D eigenvalue weighted by atomic mass is 9.87. The normalized spacial score (nSPS) is 17.3. The molecule has 2 aromatic rings. The number of nitrogens with one attached hydrogen (secondary N) is 1. The van der Waals surface area contributed by atoms with E-state index in [2.05, 4.69) is 33.2 Å². The van der Waals surface area contributed by atoms with E-state index in [0.29, 0.717) is 5.16 Å². The third-order valence-corrected chi connectivity index (χ3v) is 7.25. The third kappa shape index (κ3) is 4.35. The lowest BCUT2D eigenvalue weighted by Gasteiger charge is -2.19. The number of nitrogens with zero attached hydrogens (tertiary/aromatic N) is 3. The molecular weight excluding hydrogens is 384 g/mol. The zero-order valence-electron chi connectivity index (χ0n) is 15.9. The Labute approximate surface area is 166 Å². The fourth-order valence-corrected chi connectivity index (χ4v) is 5.20. The van der Waals surface area contributed by atoms with Gasteiger partial charge in [0.05, 0.1) is 17.2 Å². The molecule has 0 aliphatic heterocycles. The molecule has 1 aliphatic carbocycles. The smallest absolute Gasteiger partial charge is 0.413 e. The van der Waals surface area contributed by atoms with Crippen LogP contribution in [0.1, 0.15) is 37.1 Å². The maximum atomic E-state index is 12.0. The van der Waals surface area contributed by atoms with Gasteiger partial charge in [-0.15, -0.1) is 21.5 Å². The predicted molar refractivity (Wildman–Crippen MR) is 106 cm³/mol. The van der Waals surface area contributed by atoms with Crippen LogP contribution in [0.25, 0.3) is 10.7 Å². The van der Waals surface area contributed by atoms with Crippen LogP contribution < -0.4 is 5.32 Å². The molecule has 2 amide bonds. The van der Waals surface area contributed by atoms with Gasteiger partial charge in [-0.25, -0.2) is 4.79 Å². The Morgan fingerprint density at radius 1 is 1.48 bits per heavy atom. The van der Waals surface area contributed by atoms with Gasteiger partial charge in [-0.2, -0.15) is 0 Å². The van der Waals surface area contributed by atoms with Crippen LogP contribution in [-0.2, 0) is 29.4 Å². The van der Waals surface area contributed by atoms with Crippen molar-refractivity contribution in [2.45, 2.75) is 49.9 Å². The average Bonchev–Trinajstić information content (AvgIpc) is 3.24. The van der Waals surface area contributed by atoms with Crippen molar-refractivity contribution in [2.75, 3.05) is 7.11 Å². The summed E-state index contributed by atoms with van der Waals surface area (Å²) in [6.07, 6.45) is 4.01. The highest BCUT2D eigenvalue weighted by atomic mass is 32.2. The van der Waals surface area contributed by atoms with Crippen molar-refractivity contribution in [1.82, 2.24) is 20.1 Å². The van der Waals surface area contributed by atoms with Crippen LogP contribution in [0, 0.1) is 5.92 Å². The van der Waals surface area contributed by atoms with E-state index in [4.69, 9.17) is 0 Å². The Morgan fingerprint density at radius 2 is 2.26 bits per heavy atom. The van der Waals surface area contributed by atoms with Gasteiger partial charge < -0.3 is 9.30 Å². The summed E-state index contributed by atoms with van der Waals surface area (Å²) in [6, 6.07) is 2.24. The van der Waals surface area contributed by atoms with E-state index in [1.807, 2.05) is 11.6 Å². The van der Waals surface area contributed by atoms with Gasteiger partial charge >= 0.3 is 6.09 Å². The van der Waals surface area contributed by atoms with Gasteiger partial charge in [-0.3, -0.25) is 10.1 Å². The SMILES string of the molecule is CC[C@H]1CCc2sc(-c3nnc(S[C@H](C)C(=O)NC(=O)OC)n3C)cc2C1. The molecule has 3 rings (SSSR count). The van der Waals surface area contributed by atoms with Gasteiger partial charge in [0.25, 0.3) is 0 Å². The number of hydrogen-bond donors (Lipinski definition) is 1. The van der Waals surface area contributed by atoms with Crippen LogP contribution in [0.2, 0.25) is 0 Å². The zero-order chi connectivity index (χ0) is 19.6. The van der Waals surface area contributed by atoms with Crippen molar-refractivity contribution in [3.05, 3.63) is 16.5 Å². The second-order valence-electron chi connectivity index (χ2n) is 6.68. The van der Waals surface area contributed by atoms with E-state index < -0.39 is 17.3 Å². The molecule has 0 bridgehead atoms. The number of hydrogen-bond acceptors (Lipinski definition) is 7. The average molecular weight is 409 g/mol. The molecule has 0 spiro atoms. The minimum Gasteiger partial charge on any atom is -0.453 e. The van der Waals surface area contributed by atoms with Crippen molar-refractivity contribution in [3.8, 4) is 10.7 Å². The fourth-order valence-electron chi connectivity index (χ4n) is 3.15. The van der Waals surface area contributed by atoms with Crippen LogP contribution in [0.3, 0.4) is 0 Å². The summed E-state index contributed by atoms with van der Waals surface area (Å²) in [6.45, 7) is 3.97. The first-order chi connectivity index (χ1) is 12.9. The van der Waals surface area contributed by atoms with Crippen molar-refractivity contribution in [2.24, 2.45) is 13.0 Å². The minimum atomic E-state index is -0.763. The van der Waals surface area contributed by atoms with E-state index in [9.17, 15) is 9.59 Å². The first-order valence-electron chi connectivity index (χ1n) is 8.99. The third-order valence-electron chi connectivity index (χ3n) is 4.88. The molecular formula is C18H24N4O3S2. The number of thioether (sulfide) groups is 1. The highest BCUT2D eigenvalue weighted by Gasteiger charge is 2.24. The molecule has 7 nitrogen and oxygen atoms in total. The molecule has 0 fully saturated rings. The summed E-state index contributed by atoms with van der Waals surface area (Å²) in [4.78, 5) is 25.8. The number of ether oxygens (including phenoxy) is 1. The first kappa shape index (κ1) is 19.9. The van der Waals surface area contributed by atoms with E-state index >= 15 is 0 Å². The number of carbonyl (C=O) groups is 2. The Balaban J connectivity index is 1.73. The van der Waals surface area contributed by atoms with Gasteiger partial charge in [0, 0.05) is 11.9 Å². The van der Waals surface area contributed by atoms with Gasteiger partial charge in [-0.1, -0.05) is 25.1 Å². The molecule has 9 heteroatoms. The molecule has 1 N–H and O–H groups in total. The van der Waals surface area contributed by atoms with Crippen LogP contribution in [0.5, 0.6) is 0 Å². The molecule has 0 saturated carbocycles. The number of aromatic nitrogens is 3. The second-order valence-corrected chi connectivity index (χ2v) is 9.13. The molecule has 2 heterocycles. The van der Waals surface area contributed by atoms with Crippen LogP contribution in [-0.4, -0.2) is 39.1 Å². The van der Waals surface area contributed by atoms with E-state index in [-0.39, 0.29) is 0 Å². The standard InChI is InChI=1S/C18H24N4O3S2/c1-5-11-6-7-13-12(8-11)9-14(27-13)15-20-21-17(22(15)3)26-10(2)16(23)19-18(24)25-4/h9-11H,5-8H2,1-4H3,(H,19,23,24)/t10-,11+/m1/s1. The number of thiophene rings is 1. The summed E-state index contributed by atoms with van der Waals surface area (Å²) in [5.41, 5.74) is 1.44. The van der Waals surface area contributed by atoms with Gasteiger partial charge in [0.2, 0.25) is 5.91 Å². The predicted octanol–water partition coefficient (Wildman–Crippen LogP) is 3.42. The van der Waals surface area contributed by atoms with E-state index in [1.54, 1.807) is 18.3 Å². The maximum absolute atomic E-state index is 12.0. The van der Waals surface area contributed by atoms with Crippen LogP contribution in [0.4, 0.5) is 4.79 Å². The molecule has 2 atom stereocenters. The molecule has 1 aliphatic rings. The molecule has 27 heavy (non-hydrogen) atoms. The highest BCUT2D eigenvalue weighted by molar-refractivity contribution is 8.00. The molecule has 146 valence electrons.